The number of hydrogen-bond acceptors (Lipinski definition) is 2. The molecular weight excluding hydrogens is 342 g/mol. The second-order valence-electron chi connectivity index (χ2n) is 6.34. The summed E-state index contributed by atoms with van der Waals surface area (Å²) in [5, 5.41) is 0.709. The summed E-state index contributed by atoms with van der Waals surface area (Å²) in [5.74, 6) is 0.302. The zero-order valence-electron chi connectivity index (χ0n) is 13.6. The van der Waals surface area contributed by atoms with Gasteiger partial charge in [0, 0.05) is 18.1 Å². The first-order valence-electron chi connectivity index (χ1n) is 8.32. The fourth-order valence-electron chi connectivity index (χ4n) is 3.24. The Hall–Kier alpha value is -1.36. The molecule has 1 atom stereocenters. The standard InChI is InChI=1S/C19H22ClNO2S/c20-19-11-9-17(10-12-19)18-8-4-5-13-21(14-18)24(22,23)15-16-6-2-1-3-7-16/h1-3,6-7,9-12,18H,4-5,8,13-15H2. The first kappa shape index (κ1) is 17.5. The van der Waals surface area contributed by atoms with Gasteiger partial charge in [-0.2, -0.15) is 0 Å². The Morgan fingerprint density at radius 2 is 1.71 bits per heavy atom. The molecule has 2 aromatic rings. The van der Waals surface area contributed by atoms with Crippen LogP contribution in [-0.4, -0.2) is 25.8 Å². The molecule has 3 rings (SSSR count). The number of halogens is 1. The van der Waals surface area contributed by atoms with Crippen molar-refractivity contribution < 1.29 is 8.42 Å². The number of benzene rings is 2. The highest BCUT2D eigenvalue weighted by Crippen LogP contribution is 2.29. The van der Waals surface area contributed by atoms with Crippen LogP contribution in [0.4, 0.5) is 0 Å². The van der Waals surface area contributed by atoms with Crippen molar-refractivity contribution in [1.82, 2.24) is 4.31 Å². The Bertz CT molecular complexity index is 760. The second-order valence-corrected chi connectivity index (χ2v) is 8.75. The van der Waals surface area contributed by atoms with Crippen molar-refractivity contribution >= 4 is 21.6 Å². The highest BCUT2D eigenvalue weighted by atomic mass is 35.5. The molecule has 128 valence electrons. The fraction of sp³-hybridized carbons (Fsp3) is 0.368. The van der Waals surface area contributed by atoms with Crippen LogP contribution in [0.5, 0.6) is 0 Å². The van der Waals surface area contributed by atoms with Crippen molar-refractivity contribution in [2.45, 2.75) is 30.9 Å². The summed E-state index contributed by atoms with van der Waals surface area (Å²) in [6, 6.07) is 17.2. The minimum absolute atomic E-state index is 0.0706. The van der Waals surface area contributed by atoms with Crippen LogP contribution in [0, 0.1) is 0 Å². The summed E-state index contributed by atoms with van der Waals surface area (Å²) < 4.78 is 27.4. The molecule has 2 aromatic carbocycles. The highest BCUT2D eigenvalue weighted by Gasteiger charge is 2.28. The lowest BCUT2D eigenvalue weighted by molar-refractivity contribution is 0.405. The molecule has 3 nitrogen and oxygen atoms in total. The molecule has 0 aliphatic carbocycles. The van der Waals surface area contributed by atoms with Crippen LogP contribution in [0.1, 0.15) is 36.3 Å². The third-order valence-electron chi connectivity index (χ3n) is 4.56. The molecule has 0 saturated carbocycles. The first-order valence-corrected chi connectivity index (χ1v) is 10.3. The summed E-state index contributed by atoms with van der Waals surface area (Å²) in [5.41, 5.74) is 2.01. The molecule has 0 radical (unpaired) electrons. The molecule has 0 bridgehead atoms. The van der Waals surface area contributed by atoms with E-state index in [1.54, 1.807) is 4.31 Å². The number of nitrogens with zero attached hydrogens (tertiary/aromatic N) is 1. The van der Waals surface area contributed by atoms with E-state index in [1.807, 2.05) is 54.6 Å². The van der Waals surface area contributed by atoms with Crippen LogP contribution in [0.2, 0.25) is 5.02 Å². The van der Waals surface area contributed by atoms with Crippen molar-refractivity contribution in [1.29, 1.82) is 0 Å². The SMILES string of the molecule is O=S(=O)(Cc1ccccc1)N1CCCCC(c2ccc(Cl)cc2)C1. The number of hydrogen-bond donors (Lipinski definition) is 0. The van der Waals surface area contributed by atoms with Gasteiger partial charge < -0.3 is 0 Å². The summed E-state index contributed by atoms with van der Waals surface area (Å²) >= 11 is 5.97. The third-order valence-corrected chi connectivity index (χ3v) is 6.63. The van der Waals surface area contributed by atoms with Crippen molar-refractivity contribution in [3.05, 3.63) is 70.7 Å². The zero-order chi connectivity index (χ0) is 17.0. The van der Waals surface area contributed by atoms with Gasteiger partial charge in [0.2, 0.25) is 10.0 Å². The first-order chi connectivity index (χ1) is 11.5. The van der Waals surface area contributed by atoms with Gasteiger partial charge in [0.25, 0.3) is 0 Å². The number of sulfonamides is 1. The van der Waals surface area contributed by atoms with Gasteiger partial charge in [0.15, 0.2) is 0 Å². The van der Waals surface area contributed by atoms with Crippen LogP contribution in [0.25, 0.3) is 0 Å². The van der Waals surface area contributed by atoms with Gasteiger partial charge in [-0.3, -0.25) is 0 Å². The highest BCUT2D eigenvalue weighted by molar-refractivity contribution is 7.88. The Labute approximate surface area is 149 Å². The van der Waals surface area contributed by atoms with E-state index >= 15 is 0 Å². The molecule has 1 aliphatic rings. The minimum atomic E-state index is -3.30. The zero-order valence-corrected chi connectivity index (χ0v) is 15.1. The van der Waals surface area contributed by atoms with Crippen molar-refractivity contribution in [3.63, 3.8) is 0 Å². The topological polar surface area (TPSA) is 37.4 Å². The summed E-state index contributed by atoms with van der Waals surface area (Å²) in [6.07, 6.45) is 2.97. The van der Waals surface area contributed by atoms with E-state index in [4.69, 9.17) is 11.6 Å². The van der Waals surface area contributed by atoms with Gasteiger partial charge >= 0.3 is 0 Å². The molecule has 1 heterocycles. The maximum absolute atomic E-state index is 12.8. The van der Waals surface area contributed by atoms with Gasteiger partial charge in [-0.1, -0.05) is 60.5 Å². The van der Waals surface area contributed by atoms with Crippen molar-refractivity contribution in [2.24, 2.45) is 0 Å². The maximum Gasteiger partial charge on any atom is 0.218 e. The molecule has 1 aliphatic heterocycles. The largest absolute Gasteiger partial charge is 0.218 e. The Morgan fingerprint density at radius 3 is 2.42 bits per heavy atom. The fourth-order valence-corrected chi connectivity index (χ4v) is 4.98. The average molecular weight is 364 g/mol. The van der Waals surface area contributed by atoms with Gasteiger partial charge in [0.05, 0.1) is 5.75 Å². The van der Waals surface area contributed by atoms with Crippen molar-refractivity contribution in [3.8, 4) is 0 Å². The van der Waals surface area contributed by atoms with Gasteiger partial charge in [-0.05, 0) is 42.0 Å². The quantitative estimate of drug-likeness (QED) is 0.805. The van der Waals surface area contributed by atoms with Crippen LogP contribution < -0.4 is 0 Å². The van der Waals surface area contributed by atoms with E-state index in [0.29, 0.717) is 18.1 Å². The molecule has 1 saturated heterocycles. The molecule has 0 aromatic heterocycles. The van der Waals surface area contributed by atoms with Gasteiger partial charge in [-0.15, -0.1) is 0 Å². The van der Waals surface area contributed by atoms with Gasteiger partial charge in [-0.25, -0.2) is 12.7 Å². The maximum atomic E-state index is 12.8. The predicted octanol–water partition coefficient (Wildman–Crippen LogP) is 4.44. The smallest absolute Gasteiger partial charge is 0.212 e. The normalized spacial score (nSPS) is 19.8. The minimum Gasteiger partial charge on any atom is -0.212 e. The summed E-state index contributed by atoms with van der Waals surface area (Å²) in [4.78, 5) is 0. The van der Waals surface area contributed by atoms with Gasteiger partial charge in [0.1, 0.15) is 0 Å². The van der Waals surface area contributed by atoms with E-state index < -0.39 is 10.0 Å². The molecule has 5 heteroatoms. The predicted molar refractivity (Wildman–Crippen MR) is 98.7 cm³/mol. The van der Waals surface area contributed by atoms with E-state index in [2.05, 4.69) is 0 Å². The van der Waals surface area contributed by atoms with Crippen molar-refractivity contribution in [2.75, 3.05) is 13.1 Å². The lowest BCUT2D eigenvalue weighted by Gasteiger charge is -2.24. The van der Waals surface area contributed by atoms with Crippen LogP contribution >= 0.6 is 11.6 Å². The van der Waals surface area contributed by atoms with E-state index in [-0.39, 0.29) is 11.7 Å². The lowest BCUT2D eigenvalue weighted by atomic mass is 9.95. The molecule has 1 fully saturated rings. The summed E-state index contributed by atoms with van der Waals surface area (Å²) in [6.45, 7) is 1.16. The molecular formula is C19H22ClNO2S. The Morgan fingerprint density at radius 1 is 1.00 bits per heavy atom. The monoisotopic (exact) mass is 363 g/mol. The average Bonchev–Trinajstić information content (AvgIpc) is 2.83. The van der Waals surface area contributed by atoms with Crippen LogP contribution in [0.3, 0.4) is 0 Å². The van der Waals surface area contributed by atoms with E-state index in [0.717, 1.165) is 24.8 Å². The molecule has 24 heavy (non-hydrogen) atoms. The second kappa shape index (κ2) is 7.68. The van der Waals surface area contributed by atoms with E-state index in [9.17, 15) is 8.42 Å². The molecule has 1 unspecified atom stereocenters. The molecule has 0 amide bonds. The lowest BCUT2D eigenvalue weighted by Crippen LogP contribution is -2.35. The number of rotatable bonds is 4. The third kappa shape index (κ3) is 4.38. The Balaban J connectivity index is 1.77. The van der Waals surface area contributed by atoms with Crippen LogP contribution in [0.15, 0.2) is 54.6 Å². The molecule has 0 N–H and O–H groups in total. The Kier molecular flexibility index (Phi) is 5.59. The van der Waals surface area contributed by atoms with E-state index in [1.165, 1.54) is 5.56 Å². The van der Waals surface area contributed by atoms with Crippen LogP contribution in [-0.2, 0) is 15.8 Å². The molecule has 0 spiro atoms. The summed E-state index contributed by atoms with van der Waals surface area (Å²) in [7, 11) is -3.30.